The van der Waals surface area contributed by atoms with Crippen LogP contribution in [0.15, 0.2) is 0 Å². The van der Waals surface area contributed by atoms with E-state index in [9.17, 15) is 0 Å². The number of anilines is 2. The highest BCUT2D eigenvalue weighted by atomic mass is 15.3. The average molecular weight is 293 g/mol. The SMILES string of the molecule is CCCCCc1nc(N)nc(N(CC(C)C)CC(C)C)n1. The van der Waals surface area contributed by atoms with Crippen molar-refractivity contribution < 1.29 is 0 Å². The minimum Gasteiger partial charge on any atom is -0.368 e. The van der Waals surface area contributed by atoms with Gasteiger partial charge in [0.25, 0.3) is 0 Å². The number of rotatable bonds is 9. The summed E-state index contributed by atoms with van der Waals surface area (Å²) in [6.07, 6.45) is 4.38. The van der Waals surface area contributed by atoms with E-state index in [0.29, 0.717) is 17.8 Å². The van der Waals surface area contributed by atoms with Gasteiger partial charge in [0, 0.05) is 19.5 Å². The minimum absolute atomic E-state index is 0.337. The molecule has 0 aliphatic carbocycles. The highest BCUT2D eigenvalue weighted by Gasteiger charge is 2.15. The van der Waals surface area contributed by atoms with Crippen molar-refractivity contribution >= 4 is 11.9 Å². The van der Waals surface area contributed by atoms with E-state index in [1.165, 1.54) is 12.8 Å². The van der Waals surface area contributed by atoms with Crippen LogP contribution in [-0.2, 0) is 6.42 Å². The van der Waals surface area contributed by atoms with Crippen molar-refractivity contribution in [1.82, 2.24) is 15.0 Å². The van der Waals surface area contributed by atoms with Crippen molar-refractivity contribution in [2.24, 2.45) is 11.8 Å². The van der Waals surface area contributed by atoms with E-state index < -0.39 is 0 Å². The van der Waals surface area contributed by atoms with Crippen LogP contribution in [0.25, 0.3) is 0 Å². The zero-order valence-electron chi connectivity index (χ0n) is 14.3. The number of hydrogen-bond acceptors (Lipinski definition) is 5. The molecule has 0 amide bonds. The maximum Gasteiger partial charge on any atom is 0.230 e. The third-order valence-corrected chi connectivity index (χ3v) is 3.15. The van der Waals surface area contributed by atoms with Crippen LogP contribution in [-0.4, -0.2) is 28.0 Å². The van der Waals surface area contributed by atoms with Crippen LogP contribution in [0.2, 0.25) is 0 Å². The first kappa shape index (κ1) is 17.7. The van der Waals surface area contributed by atoms with Gasteiger partial charge in [-0.2, -0.15) is 15.0 Å². The molecule has 0 fully saturated rings. The molecule has 0 atom stereocenters. The van der Waals surface area contributed by atoms with Gasteiger partial charge in [0.05, 0.1) is 0 Å². The van der Waals surface area contributed by atoms with Crippen molar-refractivity contribution in [3.05, 3.63) is 5.82 Å². The van der Waals surface area contributed by atoms with E-state index >= 15 is 0 Å². The Kier molecular flexibility index (Phi) is 7.40. The molecule has 0 spiro atoms. The molecule has 0 aromatic carbocycles. The minimum atomic E-state index is 0.337. The van der Waals surface area contributed by atoms with E-state index in [4.69, 9.17) is 5.73 Å². The summed E-state index contributed by atoms with van der Waals surface area (Å²) in [5.74, 6) is 3.01. The molecule has 0 saturated heterocycles. The fourth-order valence-corrected chi connectivity index (χ4v) is 2.33. The number of unbranched alkanes of at least 4 members (excludes halogenated alkanes) is 2. The molecule has 0 aliphatic heterocycles. The van der Waals surface area contributed by atoms with Crippen LogP contribution < -0.4 is 10.6 Å². The maximum atomic E-state index is 5.87. The fourth-order valence-electron chi connectivity index (χ4n) is 2.33. The molecule has 0 aliphatic rings. The molecule has 0 radical (unpaired) electrons. The van der Waals surface area contributed by atoms with Crippen molar-refractivity contribution in [3.63, 3.8) is 0 Å². The van der Waals surface area contributed by atoms with E-state index in [-0.39, 0.29) is 0 Å². The third kappa shape index (κ3) is 6.74. The van der Waals surface area contributed by atoms with Gasteiger partial charge in [-0.05, 0) is 18.3 Å². The molecule has 0 unspecified atom stereocenters. The standard InChI is InChI=1S/C16H31N5/c1-6-7-8-9-14-18-15(17)20-16(19-14)21(10-12(2)3)11-13(4)5/h12-13H,6-11H2,1-5H3,(H2,17,18,19,20). The molecular formula is C16H31N5. The van der Waals surface area contributed by atoms with E-state index in [1.54, 1.807) is 0 Å². The van der Waals surface area contributed by atoms with E-state index in [0.717, 1.165) is 37.7 Å². The van der Waals surface area contributed by atoms with Gasteiger partial charge in [-0.15, -0.1) is 0 Å². The normalized spacial score (nSPS) is 11.4. The summed E-state index contributed by atoms with van der Waals surface area (Å²) >= 11 is 0. The number of nitrogen functional groups attached to an aromatic ring is 1. The molecule has 0 bridgehead atoms. The van der Waals surface area contributed by atoms with Crippen LogP contribution in [0, 0.1) is 11.8 Å². The molecule has 1 heterocycles. The van der Waals surface area contributed by atoms with Crippen molar-refractivity contribution in [1.29, 1.82) is 0 Å². The zero-order chi connectivity index (χ0) is 15.8. The lowest BCUT2D eigenvalue weighted by Gasteiger charge is -2.26. The maximum absolute atomic E-state index is 5.87. The van der Waals surface area contributed by atoms with Gasteiger partial charge in [-0.1, -0.05) is 47.5 Å². The van der Waals surface area contributed by atoms with Crippen LogP contribution in [0.4, 0.5) is 11.9 Å². The second-order valence-electron chi connectivity index (χ2n) is 6.56. The van der Waals surface area contributed by atoms with Crippen molar-refractivity contribution in [2.75, 3.05) is 23.7 Å². The lowest BCUT2D eigenvalue weighted by Crippen LogP contribution is -2.33. The number of aryl methyl sites for hydroxylation is 1. The highest BCUT2D eigenvalue weighted by Crippen LogP contribution is 2.15. The molecule has 0 saturated carbocycles. The lowest BCUT2D eigenvalue weighted by molar-refractivity contribution is 0.542. The van der Waals surface area contributed by atoms with Crippen LogP contribution >= 0.6 is 0 Å². The zero-order valence-corrected chi connectivity index (χ0v) is 14.3. The quantitative estimate of drug-likeness (QED) is 0.707. The number of nitrogens with zero attached hydrogens (tertiary/aromatic N) is 4. The van der Waals surface area contributed by atoms with Crippen LogP contribution in [0.1, 0.15) is 59.7 Å². The highest BCUT2D eigenvalue weighted by molar-refractivity contribution is 5.34. The Morgan fingerprint density at radius 2 is 1.57 bits per heavy atom. The molecule has 5 heteroatoms. The Balaban J connectivity index is 2.90. The predicted octanol–water partition coefficient (Wildman–Crippen LogP) is 3.30. The second-order valence-corrected chi connectivity index (χ2v) is 6.56. The summed E-state index contributed by atoms with van der Waals surface area (Å²) in [5, 5.41) is 0. The average Bonchev–Trinajstić information content (AvgIpc) is 2.36. The molecule has 1 rings (SSSR count). The summed E-state index contributed by atoms with van der Waals surface area (Å²) in [6.45, 7) is 12.9. The monoisotopic (exact) mass is 293 g/mol. The molecular weight excluding hydrogens is 262 g/mol. The summed E-state index contributed by atoms with van der Waals surface area (Å²) in [7, 11) is 0. The number of nitrogens with two attached hydrogens (primary N) is 1. The molecule has 1 aromatic rings. The predicted molar refractivity (Wildman–Crippen MR) is 89.4 cm³/mol. The summed E-state index contributed by atoms with van der Waals surface area (Å²) in [4.78, 5) is 15.5. The number of aromatic nitrogens is 3. The van der Waals surface area contributed by atoms with Crippen LogP contribution in [0.3, 0.4) is 0 Å². The lowest BCUT2D eigenvalue weighted by atomic mass is 10.1. The van der Waals surface area contributed by atoms with Crippen LogP contribution in [0.5, 0.6) is 0 Å². The Morgan fingerprint density at radius 3 is 2.10 bits per heavy atom. The largest absolute Gasteiger partial charge is 0.368 e. The Bertz CT molecular complexity index is 407. The van der Waals surface area contributed by atoms with Crippen molar-refractivity contribution in [3.8, 4) is 0 Å². The Labute approximate surface area is 129 Å². The Morgan fingerprint density at radius 1 is 0.952 bits per heavy atom. The third-order valence-electron chi connectivity index (χ3n) is 3.15. The number of hydrogen-bond donors (Lipinski definition) is 1. The smallest absolute Gasteiger partial charge is 0.230 e. The van der Waals surface area contributed by atoms with Gasteiger partial charge in [0.2, 0.25) is 11.9 Å². The van der Waals surface area contributed by atoms with Crippen molar-refractivity contribution in [2.45, 2.75) is 60.3 Å². The second kappa shape index (κ2) is 8.80. The van der Waals surface area contributed by atoms with Gasteiger partial charge in [-0.25, -0.2) is 0 Å². The Hall–Kier alpha value is -1.39. The molecule has 5 nitrogen and oxygen atoms in total. The van der Waals surface area contributed by atoms with Gasteiger partial charge < -0.3 is 10.6 Å². The molecule has 21 heavy (non-hydrogen) atoms. The first-order chi connectivity index (χ1) is 9.92. The summed E-state index contributed by atoms with van der Waals surface area (Å²) < 4.78 is 0. The first-order valence-corrected chi connectivity index (χ1v) is 8.17. The van der Waals surface area contributed by atoms with E-state index in [2.05, 4.69) is 54.5 Å². The molecule has 2 N–H and O–H groups in total. The van der Waals surface area contributed by atoms with Gasteiger partial charge in [-0.3, -0.25) is 0 Å². The van der Waals surface area contributed by atoms with Gasteiger partial charge >= 0.3 is 0 Å². The summed E-state index contributed by atoms with van der Waals surface area (Å²) in [6, 6.07) is 0. The summed E-state index contributed by atoms with van der Waals surface area (Å²) in [5.41, 5.74) is 5.87. The molecule has 1 aromatic heterocycles. The topological polar surface area (TPSA) is 67.9 Å². The first-order valence-electron chi connectivity index (χ1n) is 8.17. The van der Waals surface area contributed by atoms with E-state index in [1.807, 2.05) is 0 Å². The fraction of sp³-hybridized carbons (Fsp3) is 0.812. The van der Waals surface area contributed by atoms with Gasteiger partial charge in [0.1, 0.15) is 5.82 Å². The van der Waals surface area contributed by atoms with Gasteiger partial charge in [0.15, 0.2) is 0 Å². The molecule has 120 valence electrons.